The number of urea groups is 1. The smallest absolute Gasteiger partial charge is 0.415 e. The summed E-state index contributed by atoms with van der Waals surface area (Å²) in [5.41, 5.74) is 6.90. The van der Waals surface area contributed by atoms with Crippen LogP contribution in [-0.2, 0) is 4.74 Å². The number of primary amides is 1. The van der Waals surface area contributed by atoms with Crippen molar-refractivity contribution >= 4 is 12.1 Å². The molecule has 0 aromatic carbocycles. The van der Waals surface area contributed by atoms with Crippen molar-refractivity contribution in [2.45, 2.75) is 27.2 Å². The first-order valence-electron chi connectivity index (χ1n) is 5.35. The molecule has 96 valence electrons. The molecule has 0 radical (unpaired) electrons. The summed E-state index contributed by atoms with van der Waals surface area (Å²) in [6, 6.07) is -0.925. The van der Waals surface area contributed by atoms with E-state index in [1.165, 1.54) is 5.57 Å². The van der Waals surface area contributed by atoms with Crippen LogP contribution in [0.25, 0.3) is 0 Å². The molecule has 0 aliphatic carbocycles. The maximum Gasteiger partial charge on any atom is 0.415 e. The summed E-state index contributed by atoms with van der Waals surface area (Å²) in [5, 5.41) is 1.83. The van der Waals surface area contributed by atoms with Gasteiger partial charge in [-0.1, -0.05) is 23.8 Å². The van der Waals surface area contributed by atoms with Gasteiger partial charge in [0.05, 0.1) is 6.61 Å². The largest absolute Gasteiger partial charge is 0.449 e. The zero-order valence-electron chi connectivity index (χ0n) is 10.6. The van der Waals surface area contributed by atoms with E-state index in [4.69, 9.17) is 10.5 Å². The third-order valence-corrected chi connectivity index (χ3v) is 2.15. The van der Waals surface area contributed by atoms with Crippen LogP contribution in [0.4, 0.5) is 9.59 Å². The van der Waals surface area contributed by atoms with Gasteiger partial charge in [-0.2, -0.15) is 0 Å². The molecule has 3 N–H and O–H groups in total. The number of carbonyl (C=O) groups excluding carboxylic acids is 2. The average Bonchev–Trinajstić information content (AvgIpc) is 2.15. The number of nitrogens with one attached hydrogen (secondary N) is 1. The van der Waals surface area contributed by atoms with Gasteiger partial charge in [0.15, 0.2) is 0 Å². The van der Waals surface area contributed by atoms with Gasteiger partial charge in [-0.05, 0) is 27.2 Å². The van der Waals surface area contributed by atoms with E-state index in [0.717, 1.165) is 12.0 Å². The fraction of sp³-hybridized carbons (Fsp3) is 0.500. The van der Waals surface area contributed by atoms with E-state index in [1.807, 2.05) is 26.1 Å². The van der Waals surface area contributed by atoms with Gasteiger partial charge < -0.3 is 10.5 Å². The lowest BCUT2D eigenvalue weighted by atomic mass is 9.98. The van der Waals surface area contributed by atoms with Crippen molar-refractivity contribution in [2.24, 2.45) is 11.7 Å². The Hall–Kier alpha value is -1.78. The maximum absolute atomic E-state index is 11.0. The van der Waals surface area contributed by atoms with Crippen LogP contribution in [0.5, 0.6) is 0 Å². The Bertz CT molecular complexity index is 331. The molecule has 1 atom stereocenters. The third-order valence-electron chi connectivity index (χ3n) is 2.15. The van der Waals surface area contributed by atoms with E-state index in [1.54, 1.807) is 0 Å². The number of alkyl carbamates (subject to hydrolysis) is 1. The average molecular weight is 240 g/mol. The van der Waals surface area contributed by atoms with Crippen LogP contribution in [-0.4, -0.2) is 18.7 Å². The van der Waals surface area contributed by atoms with Gasteiger partial charge in [-0.15, -0.1) is 0 Å². The summed E-state index contributed by atoms with van der Waals surface area (Å²) >= 11 is 0. The maximum atomic E-state index is 11.0. The van der Waals surface area contributed by atoms with Gasteiger partial charge >= 0.3 is 12.1 Å². The second-order valence-electron chi connectivity index (χ2n) is 4.15. The molecule has 0 aliphatic rings. The van der Waals surface area contributed by atoms with Crippen LogP contribution < -0.4 is 11.1 Å². The minimum Gasteiger partial charge on any atom is -0.449 e. The summed E-state index contributed by atoms with van der Waals surface area (Å²) < 4.78 is 4.87. The van der Waals surface area contributed by atoms with E-state index in [2.05, 4.69) is 12.7 Å². The Kier molecular flexibility index (Phi) is 6.70. The summed E-state index contributed by atoms with van der Waals surface area (Å²) in [6.07, 6.45) is 1.97. The molecule has 0 spiro atoms. The molecule has 0 aliphatic heterocycles. The number of rotatable bonds is 5. The predicted octanol–water partition coefficient (Wildman–Crippen LogP) is 2.34. The van der Waals surface area contributed by atoms with Gasteiger partial charge in [-0.3, -0.25) is 0 Å². The fourth-order valence-corrected chi connectivity index (χ4v) is 1.10. The number of amides is 3. The summed E-state index contributed by atoms with van der Waals surface area (Å²) in [5.74, 6) is 0.0449. The van der Waals surface area contributed by atoms with Crippen molar-refractivity contribution < 1.29 is 14.3 Å². The molecule has 5 nitrogen and oxygen atoms in total. The quantitative estimate of drug-likeness (QED) is 0.724. The monoisotopic (exact) mass is 240 g/mol. The minimum atomic E-state index is -0.925. The van der Waals surface area contributed by atoms with Crippen LogP contribution in [0.15, 0.2) is 23.8 Å². The molecule has 0 saturated carbocycles. The highest BCUT2D eigenvalue weighted by atomic mass is 16.5. The SMILES string of the molecule is C=C(C)[C@@H](CC=C(C)C)COC(=O)NC(N)=O. The van der Waals surface area contributed by atoms with Crippen molar-refractivity contribution in [3.05, 3.63) is 23.8 Å². The van der Waals surface area contributed by atoms with Crippen LogP contribution in [0.3, 0.4) is 0 Å². The highest BCUT2D eigenvalue weighted by molar-refractivity contribution is 5.89. The second-order valence-corrected chi connectivity index (χ2v) is 4.15. The molecule has 0 bridgehead atoms. The lowest BCUT2D eigenvalue weighted by Crippen LogP contribution is -2.36. The van der Waals surface area contributed by atoms with Crippen molar-refractivity contribution in [1.29, 1.82) is 0 Å². The van der Waals surface area contributed by atoms with E-state index in [9.17, 15) is 9.59 Å². The molecule has 0 aromatic heterocycles. The zero-order valence-corrected chi connectivity index (χ0v) is 10.6. The number of allylic oxidation sites excluding steroid dienone is 2. The Labute approximate surface area is 102 Å². The molecule has 0 rings (SSSR count). The summed E-state index contributed by atoms with van der Waals surface area (Å²) in [7, 11) is 0. The third kappa shape index (κ3) is 8.07. The lowest BCUT2D eigenvalue weighted by molar-refractivity contribution is 0.135. The molecule has 5 heteroatoms. The first-order valence-corrected chi connectivity index (χ1v) is 5.35. The number of hydrogen-bond donors (Lipinski definition) is 2. The lowest BCUT2D eigenvalue weighted by Gasteiger charge is -2.15. The van der Waals surface area contributed by atoms with E-state index in [0.29, 0.717) is 0 Å². The highest BCUT2D eigenvalue weighted by Crippen LogP contribution is 2.15. The first-order chi connectivity index (χ1) is 7.82. The first kappa shape index (κ1) is 15.2. The van der Waals surface area contributed by atoms with E-state index < -0.39 is 12.1 Å². The van der Waals surface area contributed by atoms with Crippen LogP contribution in [0.2, 0.25) is 0 Å². The molecular weight excluding hydrogens is 220 g/mol. The number of imide groups is 1. The Morgan fingerprint density at radius 1 is 1.41 bits per heavy atom. The topological polar surface area (TPSA) is 81.4 Å². The van der Waals surface area contributed by atoms with Crippen LogP contribution in [0.1, 0.15) is 27.2 Å². The zero-order chi connectivity index (χ0) is 13.4. The molecule has 17 heavy (non-hydrogen) atoms. The van der Waals surface area contributed by atoms with E-state index >= 15 is 0 Å². The fourth-order valence-electron chi connectivity index (χ4n) is 1.10. The van der Waals surface area contributed by atoms with Crippen molar-refractivity contribution in [1.82, 2.24) is 5.32 Å². The van der Waals surface area contributed by atoms with Gasteiger partial charge in [-0.25, -0.2) is 14.9 Å². The normalized spacial score (nSPS) is 11.2. The molecule has 3 amide bonds. The number of carbonyl (C=O) groups is 2. The van der Waals surface area contributed by atoms with Gasteiger partial charge in [0.25, 0.3) is 0 Å². The Balaban J connectivity index is 4.18. The molecule has 0 unspecified atom stereocenters. The second kappa shape index (κ2) is 7.49. The predicted molar refractivity (Wildman–Crippen MR) is 66.4 cm³/mol. The molecule has 0 heterocycles. The Morgan fingerprint density at radius 2 is 2.00 bits per heavy atom. The van der Waals surface area contributed by atoms with Gasteiger partial charge in [0.2, 0.25) is 0 Å². The van der Waals surface area contributed by atoms with Crippen LogP contribution in [0, 0.1) is 5.92 Å². The Morgan fingerprint density at radius 3 is 2.41 bits per heavy atom. The summed E-state index contributed by atoms with van der Waals surface area (Å²) in [4.78, 5) is 21.4. The van der Waals surface area contributed by atoms with Gasteiger partial charge in [0.1, 0.15) is 0 Å². The number of hydrogen-bond acceptors (Lipinski definition) is 3. The molecule has 0 fully saturated rings. The molecular formula is C12H20N2O3. The highest BCUT2D eigenvalue weighted by Gasteiger charge is 2.12. The minimum absolute atomic E-state index is 0.0449. The van der Waals surface area contributed by atoms with Crippen LogP contribution >= 0.6 is 0 Å². The molecule has 0 saturated heterocycles. The van der Waals surface area contributed by atoms with Crippen molar-refractivity contribution in [2.75, 3.05) is 6.61 Å². The molecule has 0 aromatic rings. The van der Waals surface area contributed by atoms with Crippen molar-refractivity contribution in [3.8, 4) is 0 Å². The summed E-state index contributed by atoms with van der Waals surface area (Å²) in [6.45, 7) is 9.88. The number of ether oxygens (including phenoxy) is 1. The standard InChI is InChI=1S/C12H20N2O3/c1-8(2)5-6-10(9(3)4)7-17-12(16)14-11(13)15/h5,10H,3,6-7H2,1-2,4H3,(H3,13,14,15,16)/t10-/m0/s1. The van der Waals surface area contributed by atoms with Crippen molar-refractivity contribution in [3.63, 3.8) is 0 Å². The number of nitrogens with two attached hydrogens (primary N) is 1. The van der Waals surface area contributed by atoms with E-state index in [-0.39, 0.29) is 12.5 Å². The van der Waals surface area contributed by atoms with Gasteiger partial charge in [0, 0.05) is 5.92 Å².